The Bertz CT molecular complexity index is 1510. The second-order valence-corrected chi connectivity index (χ2v) is 8.73. The first-order valence-corrected chi connectivity index (χ1v) is 11.0. The molecule has 10 heteroatoms. The Balaban J connectivity index is 1.14. The van der Waals surface area contributed by atoms with Gasteiger partial charge in [0.1, 0.15) is 5.52 Å². The van der Waals surface area contributed by atoms with Crippen molar-refractivity contribution in [3.8, 4) is 0 Å². The summed E-state index contributed by atoms with van der Waals surface area (Å²) in [4.78, 5) is 16.7. The molecule has 0 saturated heterocycles. The summed E-state index contributed by atoms with van der Waals surface area (Å²) in [7, 11) is 0. The molecular weight excluding hydrogens is 445 g/mol. The number of aromatic nitrogens is 6. The molecule has 5 heterocycles. The van der Waals surface area contributed by atoms with Crippen LogP contribution in [-0.4, -0.2) is 34.7 Å². The number of carbonyl (C=O) groups is 1. The number of fused-ring (bicyclic) bond motifs is 2. The Hall–Kier alpha value is -3.72. The van der Waals surface area contributed by atoms with Gasteiger partial charge in [-0.1, -0.05) is 22.9 Å². The van der Waals surface area contributed by atoms with Gasteiger partial charge in [0, 0.05) is 24.1 Å². The van der Waals surface area contributed by atoms with Gasteiger partial charge in [0.15, 0.2) is 11.5 Å². The van der Waals surface area contributed by atoms with E-state index in [4.69, 9.17) is 11.6 Å². The highest BCUT2D eigenvalue weighted by molar-refractivity contribution is 6.31. The van der Waals surface area contributed by atoms with E-state index >= 15 is 0 Å². The Morgan fingerprint density at radius 1 is 1.18 bits per heavy atom. The Labute approximate surface area is 192 Å². The normalized spacial score (nSPS) is 13.8. The molecule has 1 saturated carbocycles. The molecule has 0 spiro atoms. The van der Waals surface area contributed by atoms with Crippen LogP contribution < -0.4 is 5.32 Å². The summed E-state index contributed by atoms with van der Waals surface area (Å²) in [6.45, 7) is 0.532. The number of amides is 1. The van der Waals surface area contributed by atoms with Crippen molar-refractivity contribution in [1.82, 2.24) is 34.1 Å². The lowest BCUT2D eigenvalue weighted by atomic mass is 10.2. The summed E-state index contributed by atoms with van der Waals surface area (Å²) in [6, 6.07) is 7.87. The molecule has 1 aliphatic rings. The van der Waals surface area contributed by atoms with Crippen molar-refractivity contribution in [1.29, 1.82) is 0 Å². The van der Waals surface area contributed by atoms with Gasteiger partial charge in [-0.3, -0.25) is 4.79 Å². The molecule has 0 radical (unpaired) electrons. The van der Waals surface area contributed by atoms with Crippen LogP contribution in [0.4, 0.5) is 4.39 Å². The molecule has 166 valence electrons. The van der Waals surface area contributed by atoms with E-state index in [1.165, 1.54) is 35.2 Å². The smallest absolute Gasteiger partial charge is 0.273 e. The molecule has 33 heavy (non-hydrogen) atoms. The number of rotatable bonds is 6. The predicted molar refractivity (Wildman–Crippen MR) is 120 cm³/mol. The van der Waals surface area contributed by atoms with E-state index in [0.29, 0.717) is 18.2 Å². The number of carbonyl (C=O) groups excluding carboxylic acids is 1. The van der Waals surface area contributed by atoms with E-state index < -0.39 is 11.7 Å². The Morgan fingerprint density at radius 3 is 2.91 bits per heavy atom. The van der Waals surface area contributed by atoms with Crippen LogP contribution in [0.2, 0.25) is 5.02 Å². The van der Waals surface area contributed by atoms with Gasteiger partial charge >= 0.3 is 0 Å². The van der Waals surface area contributed by atoms with Gasteiger partial charge < -0.3 is 14.1 Å². The molecule has 1 fully saturated rings. The van der Waals surface area contributed by atoms with E-state index in [9.17, 15) is 9.18 Å². The molecule has 0 aromatic carbocycles. The zero-order valence-electron chi connectivity index (χ0n) is 17.4. The fourth-order valence-corrected chi connectivity index (χ4v) is 4.21. The minimum atomic E-state index is -0.573. The molecule has 5 aromatic rings. The van der Waals surface area contributed by atoms with Crippen molar-refractivity contribution in [3.63, 3.8) is 0 Å². The zero-order chi connectivity index (χ0) is 22.5. The highest BCUT2D eigenvalue weighted by Gasteiger charge is 2.23. The summed E-state index contributed by atoms with van der Waals surface area (Å²) in [5, 5.41) is 10.8. The molecule has 8 nitrogen and oxygen atoms in total. The molecule has 0 aliphatic heterocycles. The van der Waals surface area contributed by atoms with E-state index in [0.717, 1.165) is 11.1 Å². The van der Waals surface area contributed by atoms with Crippen molar-refractivity contribution in [2.24, 2.45) is 0 Å². The fourth-order valence-electron chi connectivity index (χ4n) is 4.07. The predicted octanol–water partition coefficient (Wildman–Crippen LogP) is 3.83. The Kier molecular flexibility index (Phi) is 4.65. The average molecular weight is 464 g/mol. The third kappa shape index (κ3) is 3.74. The van der Waals surface area contributed by atoms with Gasteiger partial charge in [0.05, 0.1) is 36.3 Å². The molecule has 1 N–H and O–H groups in total. The second kappa shape index (κ2) is 7.70. The SMILES string of the molecule is O=C(NCc1ncn2ccc(Cl)c(F)c12)c1cn(Cc2cc3ccc(C4CC4)cn3c2)nn1. The van der Waals surface area contributed by atoms with Gasteiger partial charge in [-0.15, -0.1) is 5.10 Å². The lowest BCUT2D eigenvalue weighted by Crippen LogP contribution is -2.23. The van der Waals surface area contributed by atoms with Crippen LogP contribution in [0.25, 0.3) is 11.0 Å². The third-order valence-electron chi connectivity index (χ3n) is 5.92. The first-order chi connectivity index (χ1) is 16.0. The van der Waals surface area contributed by atoms with Gasteiger partial charge in [-0.05, 0) is 48.1 Å². The maximum atomic E-state index is 14.4. The van der Waals surface area contributed by atoms with Crippen LogP contribution >= 0.6 is 11.6 Å². The highest BCUT2D eigenvalue weighted by Crippen LogP contribution is 2.40. The van der Waals surface area contributed by atoms with Crippen LogP contribution in [0.3, 0.4) is 0 Å². The van der Waals surface area contributed by atoms with E-state index in [1.54, 1.807) is 17.1 Å². The second-order valence-electron chi connectivity index (χ2n) is 8.33. The van der Waals surface area contributed by atoms with Gasteiger partial charge in [0.2, 0.25) is 0 Å². The van der Waals surface area contributed by atoms with Gasteiger partial charge in [-0.2, -0.15) is 0 Å². The largest absolute Gasteiger partial charge is 0.345 e. The average Bonchev–Trinajstić information content (AvgIpc) is 3.23. The standard InChI is InChI=1S/C23H19ClFN7O/c24-18-5-6-30-13-27-19(22(30)21(18)25)8-26-23(33)20-12-32(29-28-20)10-14-7-17-4-3-16(15-1-2-15)11-31(17)9-14/h3-7,9,11-13,15H,1-2,8,10H2,(H,26,33). The number of hydrogen-bond donors (Lipinski definition) is 1. The lowest BCUT2D eigenvalue weighted by Gasteiger charge is -2.03. The minimum Gasteiger partial charge on any atom is -0.345 e. The minimum absolute atomic E-state index is 0.000573. The fraction of sp³-hybridized carbons (Fsp3) is 0.217. The third-order valence-corrected chi connectivity index (χ3v) is 6.21. The van der Waals surface area contributed by atoms with Gasteiger partial charge in [0.25, 0.3) is 5.91 Å². The molecule has 0 bridgehead atoms. The van der Waals surface area contributed by atoms with Gasteiger partial charge in [-0.25, -0.2) is 14.1 Å². The van der Waals surface area contributed by atoms with Crippen LogP contribution in [0.5, 0.6) is 0 Å². The summed E-state index contributed by atoms with van der Waals surface area (Å²) >= 11 is 5.87. The maximum absolute atomic E-state index is 14.4. The molecule has 6 rings (SSSR count). The maximum Gasteiger partial charge on any atom is 0.273 e. The number of nitrogens with zero attached hydrogens (tertiary/aromatic N) is 6. The molecule has 0 atom stereocenters. The summed E-state index contributed by atoms with van der Waals surface area (Å²) in [5.41, 5.74) is 4.34. The van der Waals surface area contributed by atoms with Crippen molar-refractivity contribution in [2.75, 3.05) is 0 Å². The van der Waals surface area contributed by atoms with Crippen molar-refractivity contribution >= 4 is 28.5 Å². The lowest BCUT2D eigenvalue weighted by molar-refractivity contribution is 0.0945. The van der Waals surface area contributed by atoms with Crippen LogP contribution in [0, 0.1) is 5.82 Å². The van der Waals surface area contributed by atoms with E-state index in [2.05, 4.69) is 55.6 Å². The van der Waals surface area contributed by atoms with Crippen molar-refractivity contribution in [3.05, 3.63) is 88.7 Å². The summed E-state index contributed by atoms with van der Waals surface area (Å²) in [5.74, 6) is -0.290. The molecular formula is C23H19ClFN7O. The number of imidazole rings is 1. The highest BCUT2D eigenvalue weighted by atomic mass is 35.5. The molecule has 5 aromatic heterocycles. The quantitative estimate of drug-likeness (QED) is 0.415. The Morgan fingerprint density at radius 2 is 2.06 bits per heavy atom. The zero-order valence-corrected chi connectivity index (χ0v) is 18.2. The number of nitrogens with one attached hydrogen (secondary N) is 1. The summed E-state index contributed by atoms with van der Waals surface area (Å²) in [6.07, 6.45) is 11.5. The topological polar surface area (TPSA) is 81.5 Å². The number of halogens is 2. The van der Waals surface area contributed by atoms with E-state index in [1.807, 2.05) is 0 Å². The first kappa shape index (κ1) is 19.9. The molecule has 1 amide bonds. The van der Waals surface area contributed by atoms with Crippen molar-refractivity contribution in [2.45, 2.75) is 31.8 Å². The first-order valence-electron chi connectivity index (χ1n) is 10.6. The molecule has 0 unspecified atom stereocenters. The number of pyridine rings is 2. The van der Waals surface area contributed by atoms with Crippen LogP contribution in [0.15, 0.2) is 55.4 Å². The monoisotopic (exact) mass is 463 g/mol. The van der Waals surface area contributed by atoms with E-state index in [-0.39, 0.29) is 22.8 Å². The number of hydrogen-bond acceptors (Lipinski definition) is 4. The summed E-state index contributed by atoms with van der Waals surface area (Å²) < 4.78 is 19.6. The molecule has 1 aliphatic carbocycles. The van der Waals surface area contributed by atoms with Crippen molar-refractivity contribution < 1.29 is 9.18 Å². The van der Waals surface area contributed by atoms with Crippen LogP contribution in [-0.2, 0) is 13.1 Å². The van der Waals surface area contributed by atoms with Crippen LogP contribution in [0.1, 0.15) is 46.1 Å².